The highest BCUT2D eigenvalue weighted by Crippen LogP contribution is 2.34. The van der Waals surface area contributed by atoms with E-state index in [1.807, 2.05) is 12.1 Å². The number of para-hydroxylation sites is 1. The molecule has 3 heteroatoms. The molecule has 0 aliphatic heterocycles. The molecule has 0 atom stereocenters. The molecule has 0 radical (unpaired) electrons. The van der Waals surface area contributed by atoms with Gasteiger partial charge in [0.25, 0.3) is 0 Å². The van der Waals surface area contributed by atoms with E-state index in [-0.39, 0.29) is 0 Å². The summed E-state index contributed by atoms with van der Waals surface area (Å²) in [6.45, 7) is 5.32. The van der Waals surface area contributed by atoms with Gasteiger partial charge in [0.05, 0.1) is 13.7 Å². The highest BCUT2D eigenvalue weighted by molar-refractivity contribution is 5.87. The Kier molecular flexibility index (Phi) is 3.70. The lowest BCUT2D eigenvalue weighted by Crippen LogP contribution is -2.16. The van der Waals surface area contributed by atoms with Crippen LogP contribution in [0.1, 0.15) is 38.0 Å². The van der Waals surface area contributed by atoms with Crippen LogP contribution in [0.4, 0.5) is 0 Å². The molecule has 108 valence electrons. The van der Waals surface area contributed by atoms with Crippen LogP contribution in [0.15, 0.2) is 22.6 Å². The van der Waals surface area contributed by atoms with E-state index in [2.05, 4.69) is 25.2 Å². The first-order valence-corrected chi connectivity index (χ1v) is 7.49. The van der Waals surface area contributed by atoms with Crippen molar-refractivity contribution in [2.75, 3.05) is 7.11 Å². The van der Waals surface area contributed by atoms with E-state index in [4.69, 9.17) is 9.15 Å². The summed E-state index contributed by atoms with van der Waals surface area (Å²) in [6, 6.07) is 6.83. The predicted molar refractivity (Wildman–Crippen MR) is 81.2 cm³/mol. The van der Waals surface area contributed by atoms with Gasteiger partial charge in [-0.05, 0) is 31.2 Å². The van der Waals surface area contributed by atoms with Gasteiger partial charge in [-0.15, -0.1) is 0 Å². The summed E-state index contributed by atoms with van der Waals surface area (Å²) in [6.07, 6.45) is 3.63. The van der Waals surface area contributed by atoms with Crippen LogP contribution in [0.25, 0.3) is 11.0 Å². The molecule has 20 heavy (non-hydrogen) atoms. The van der Waals surface area contributed by atoms with Crippen molar-refractivity contribution in [3.05, 3.63) is 29.5 Å². The number of benzene rings is 1. The maximum atomic E-state index is 6.11. The number of hydrogen-bond acceptors (Lipinski definition) is 3. The highest BCUT2D eigenvalue weighted by atomic mass is 16.5. The van der Waals surface area contributed by atoms with Crippen LogP contribution in [-0.2, 0) is 13.0 Å². The topological polar surface area (TPSA) is 34.4 Å². The maximum Gasteiger partial charge on any atom is 0.176 e. The third-order valence-electron chi connectivity index (χ3n) is 3.83. The van der Waals surface area contributed by atoms with Crippen molar-refractivity contribution in [2.24, 2.45) is 5.92 Å². The number of methoxy groups -OCH3 is 1. The molecule has 3 rings (SSSR count). The van der Waals surface area contributed by atoms with Crippen molar-refractivity contribution in [1.82, 2.24) is 5.32 Å². The summed E-state index contributed by atoms with van der Waals surface area (Å²) in [5.41, 5.74) is 2.22. The molecular weight excluding hydrogens is 250 g/mol. The van der Waals surface area contributed by atoms with Gasteiger partial charge in [0.15, 0.2) is 11.3 Å². The van der Waals surface area contributed by atoms with Gasteiger partial charge in [-0.2, -0.15) is 0 Å². The predicted octanol–water partition coefficient (Wildman–Crippen LogP) is 3.89. The van der Waals surface area contributed by atoms with Crippen molar-refractivity contribution in [1.29, 1.82) is 0 Å². The molecule has 0 unspecified atom stereocenters. The first kappa shape index (κ1) is 13.5. The Bertz CT molecular complexity index is 596. The fraction of sp³-hybridized carbons (Fsp3) is 0.529. The largest absolute Gasteiger partial charge is 0.493 e. The minimum atomic E-state index is 0.613. The monoisotopic (exact) mass is 273 g/mol. The second kappa shape index (κ2) is 5.49. The van der Waals surface area contributed by atoms with Crippen LogP contribution in [-0.4, -0.2) is 13.2 Å². The van der Waals surface area contributed by atoms with E-state index >= 15 is 0 Å². The Hall–Kier alpha value is -1.48. The first-order chi connectivity index (χ1) is 9.69. The molecular formula is C17H23NO2. The normalized spacial score (nSPS) is 15.2. The Morgan fingerprint density at radius 1 is 1.35 bits per heavy atom. The minimum absolute atomic E-state index is 0.613. The molecule has 2 aromatic rings. The van der Waals surface area contributed by atoms with E-state index < -0.39 is 0 Å². The molecule has 0 amide bonds. The number of fused-ring (bicyclic) bond motifs is 1. The zero-order valence-corrected chi connectivity index (χ0v) is 12.5. The number of furan rings is 1. The first-order valence-electron chi connectivity index (χ1n) is 7.49. The number of nitrogens with one attached hydrogen (secondary N) is 1. The lowest BCUT2D eigenvalue weighted by Gasteiger charge is -2.06. The molecule has 0 saturated heterocycles. The smallest absolute Gasteiger partial charge is 0.176 e. The van der Waals surface area contributed by atoms with Gasteiger partial charge in [0, 0.05) is 17.0 Å². The van der Waals surface area contributed by atoms with Gasteiger partial charge >= 0.3 is 0 Å². The van der Waals surface area contributed by atoms with Crippen LogP contribution < -0.4 is 10.1 Å². The van der Waals surface area contributed by atoms with E-state index in [9.17, 15) is 0 Å². The summed E-state index contributed by atoms with van der Waals surface area (Å²) in [5.74, 6) is 2.51. The fourth-order valence-electron chi connectivity index (χ4n) is 2.65. The van der Waals surface area contributed by atoms with E-state index in [0.29, 0.717) is 12.0 Å². The van der Waals surface area contributed by atoms with E-state index in [1.165, 1.54) is 23.8 Å². The summed E-state index contributed by atoms with van der Waals surface area (Å²) in [4.78, 5) is 0. The Balaban J connectivity index is 2.00. The van der Waals surface area contributed by atoms with Crippen LogP contribution in [0, 0.1) is 5.92 Å². The molecule has 1 heterocycles. The Morgan fingerprint density at radius 3 is 2.80 bits per heavy atom. The van der Waals surface area contributed by atoms with Crippen LogP contribution in [0.5, 0.6) is 5.75 Å². The quantitative estimate of drug-likeness (QED) is 0.867. The third-order valence-corrected chi connectivity index (χ3v) is 3.83. The van der Waals surface area contributed by atoms with Crippen molar-refractivity contribution < 1.29 is 9.15 Å². The van der Waals surface area contributed by atoms with Gasteiger partial charge in [0.2, 0.25) is 0 Å². The molecule has 0 bridgehead atoms. The molecule has 0 spiro atoms. The average molecular weight is 273 g/mol. The molecule has 1 fully saturated rings. The maximum absolute atomic E-state index is 6.11. The SMILES string of the molecule is COc1cccc2c(CC(C)C)c(CNC3CC3)oc12. The summed E-state index contributed by atoms with van der Waals surface area (Å²) in [5, 5.41) is 4.75. The third kappa shape index (κ3) is 2.68. The molecule has 1 aromatic carbocycles. The van der Waals surface area contributed by atoms with Crippen molar-refractivity contribution in [3.63, 3.8) is 0 Å². The number of rotatable bonds is 6. The molecule has 1 saturated carbocycles. The van der Waals surface area contributed by atoms with Crippen molar-refractivity contribution in [2.45, 2.75) is 45.7 Å². The van der Waals surface area contributed by atoms with E-state index in [1.54, 1.807) is 7.11 Å². The van der Waals surface area contributed by atoms with Gasteiger partial charge in [-0.25, -0.2) is 0 Å². The van der Waals surface area contributed by atoms with Gasteiger partial charge in [-0.3, -0.25) is 0 Å². The van der Waals surface area contributed by atoms with Crippen molar-refractivity contribution in [3.8, 4) is 5.75 Å². The van der Waals surface area contributed by atoms with Gasteiger partial charge in [-0.1, -0.05) is 26.0 Å². The van der Waals surface area contributed by atoms with Gasteiger partial charge in [0.1, 0.15) is 5.76 Å². The highest BCUT2D eigenvalue weighted by Gasteiger charge is 2.23. The van der Waals surface area contributed by atoms with Crippen LogP contribution in [0.2, 0.25) is 0 Å². The molecule has 1 aromatic heterocycles. The zero-order chi connectivity index (χ0) is 14.1. The number of hydrogen-bond donors (Lipinski definition) is 1. The summed E-state index contributed by atoms with van der Waals surface area (Å²) >= 11 is 0. The standard InChI is InChI=1S/C17H23NO2/c1-11(2)9-14-13-5-4-6-15(19-3)17(13)20-16(14)10-18-12-7-8-12/h4-6,11-12,18H,7-10H2,1-3H3. The van der Waals surface area contributed by atoms with Crippen molar-refractivity contribution >= 4 is 11.0 Å². The van der Waals surface area contributed by atoms with Gasteiger partial charge < -0.3 is 14.5 Å². The summed E-state index contributed by atoms with van der Waals surface area (Å²) in [7, 11) is 1.70. The summed E-state index contributed by atoms with van der Waals surface area (Å²) < 4.78 is 11.5. The Labute approximate surface area is 120 Å². The lowest BCUT2D eigenvalue weighted by molar-refractivity contribution is 0.405. The average Bonchev–Trinajstić information content (AvgIpc) is 3.19. The molecule has 1 aliphatic carbocycles. The van der Waals surface area contributed by atoms with E-state index in [0.717, 1.165) is 30.1 Å². The zero-order valence-electron chi connectivity index (χ0n) is 12.5. The lowest BCUT2D eigenvalue weighted by atomic mass is 9.99. The molecule has 3 nitrogen and oxygen atoms in total. The van der Waals surface area contributed by atoms with Crippen LogP contribution in [0.3, 0.4) is 0 Å². The molecule has 1 aliphatic rings. The Morgan fingerprint density at radius 2 is 2.15 bits per heavy atom. The second-order valence-electron chi connectivity index (χ2n) is 6.09. The second-order valence-corrected chi connectivity index (χ2v) is 6.09. The molecule has 1 N–H and O–H groups in total. The number of ether oxygens (including phenoxy) is 1. The minimum Gasteiger partial charge on any atom is -0.493 e. The fourth-order valence-corrected chi connectivity index (χ4v) is 2.65. The van der Waals surface area contributed by atoms with Crippen LogP contribution >= 0.6 is 0 Å².